The van der Waals surface area contributed by atoms with E-state index in [1.165, 1.54) is 53.5 Å². The number of nitrogens with zero attached hydrogens (tertiary/aromatic N) is 4. The highest BCUT2D eigenvalue weighted by Crippen LogP contribution is 2.36. The lowest BCUT2D eigenvalue weighted by Gasteiger charge is -2.38. The van der Waals surface area contributed by atoms with Gasteiger partial charge in [0.1, 0.15) is 5.92 Å². The predicted molar refractivity (Wildman–Crippen MR) is 141 cm³/mol. The topological polar surface area (TPSA) is 150 Å². The molecule has 11 nitrogen and oxygen atoms in total. The molecule has 3 aromatic carbocycles. The molecule has 0 saturated carbocycles. The molecule has 4 rings (SSSR count). The fraction of sp³-hybridized carbons (Fsp3) is 0.269. The van der Waals surface area contributed by atoms with Crippen LogP contribution in [0.15, 0.2) is 76.6 Å². The highest BCUT2D eigenvalue weighted by Gasteiger charge is 2.42. The Bertz CT molecular complexity index is 1550. The predicted octanol–water partition coefficient (Wildman–Crippen LogP) is 4.10. The number of aliphatic imine (C=N–C) groups is 1. The standard InChI is InChI=1S/C26H26N4O7S/c1-17-23(25(31)32)24(19-10-5-11-20(16-19)30(34)35)29(26(33)27-17)15-7-14-28(2)38(36,37)22-13-6-9-18-8-3-4-12-21(18)22/h3-6,8-13,16,23-24H,7,14-15H2,1-2H3,(H,31,32). The summed E-state index contributed by atoms with van der Waals surface area (Å²) < 4.78 is 27.9. The second kappa shape index (κ2) is 10.7. The van der Waals surface area contributed by atoms with Gasteiger partial charge >= 0.3 is 12.0 Å². The van der Waals surface area contributed by atoms with E-state index in [4.69, 9.17) is 0 Å². The molecule has 0 saturated heterocycles. The average molecular weight is 539 g/mol. The van der Waals surface area contributed by atoms with E-state index in [1.807, 2.05) is 18.2 Å². The Kier molecular flexibility index (Phi) is 7.56. The van der Waals surface area contributed by atoms with Gasteiger partial charge in [-0.15, -0.1) is 0 Å². The van der Waals surface area contributed by atoms with E-state index in [-0.39, 0.29) is 41.4 Å². The maximum absolute atomic E-state index is 13.3. The fourth-order valence-electron chi connectivity index (χ4n) is 4.73. The smallest absolute Gasteiger partial charge is 0.344 e. The Morgan fingerprint density at radius 2 is 1.82 bits per heavy atom. The summed E-state index contributed by atoms with van der Waals surface area (Å²) in [4.78, 5) is 41.1. The molecule has 12 heteroatoms. The van der Waals surface area contributed by atoms with Crippen molar-refractivity contribution in [3.05, 3.63) is 82.4 Å². The molecular formula is C26H26N4O7S. The lowest BCUT2D eigenvalue weighted by Crippen LogP contribution is -2.47. The zero-order valence-electron chi connectivity index (χ0n) is 20.7. The van der Waals surface area contributed by atoms with E-state index < -0.39 is 38.9 Å². The number of amides is 2. The normalized spacial score (nSPS) is 18.0. The van der Waals surface area contributed by atoms with Crippen LogP contribution in [0.5, 0.6) is 0 Å². The highest BCUT2D eigenvalue weighted by atomic mass is 32.2. The number of hydrogen-bond donors (Lipinski definition) is 1. The lowest BCUT2D eigenvalue weighted by atomic mass is 9.86. The van der Waals surface area contributed by atoms with Crippen LogP contribution in [0.4, 0.5) is 10.5 Å². The largest absolute Gasteiger partial charge is 0.481 e. The first-order chi connectivity index (χ1) is 18.0. The van der Waals surface area contributed by atoms with Crippen LogP contribution < -0.4 is 0 Å². The number of aliphatic carboxylic acids is 1. The van der Waals surface area contributed by atoms with Crippen molar-refractivity contribution in [1.29, 1.82) is 0 Å². The molecule has 38 heavy (non-hydrogen) atoms. The van der Waals surface area contributed by atoms with Crippen LogP contribution >= 0.6 is 0 Å². The number of benzene rings is 3. The van der Waals surface area contributed by atoms with Gasteiger partial charge in [-0.05, 0) is 30.4 Å². The average Bonchev–Trinajstić information content (AvgIpc) is 2.88. The summed E-state index contributed by atoms with van der Waals surface area (Å²) >= 11 is 0. The summed E-state index contributed by atoms with van der Waals surface area (Å²) in [6, 6.07) is 15.9. The Balaban J connectivity index is 1.59. The van der Waals surface area contributed by atoms with Crippen molar-refractivity contribution >= 4 is 44.2 Å². The molecule has 2 amide bonds. The number of non-ortho nitro benzene ring substituents is 1. The molecule has 0 fully saturated rings. The number of nitro groups is 1. The van der Waals surface area contributed by atoms with Crippen molar-refractivity contribution in [2.24, 2.45) is 10.9 Å². The minimum Gasteiger partial charge on any atom is -0.481 e. The van der Waals surface area contributed by atoms with E-state index in [1.54, 1.807) is 18.2 Å². The van der Waals surface area contributed by atoms with Gasteiger partial charge in [0, 0.05) is 43.4 Å². The highest BCUT2D eigenvalue weighted by molar-refractivity contribution is 7.89. The third-order valence-corrected chi connectivity index (χ3v) is 8.53. The molecule has 1 aliphatic rings. The molecule has 1 aliphatic heterocycles. The summed E-state index contributed by atoms with van der Waals surface area (Å²) in [6.07, 6.45) is 0.179. The second-order valence-corrected chi connectivity index (χ2v) is 11.0. The van der Waals surface area contributed by atoms with E-state index in [9.17, 15) is 33.2 Å². The van der Waals surface area contributed by atoms with Crippen molar-refractivity contribution in [2.75, 3.05) is 20.1 Å². The molecule has 1 heterocycles. The number of carbonyl (C=O) groups is 2. The number of hydrogen-bond acceptors (Lipinski definition) is 6. The van der Waals surface area contributed by atoms with E-state index >= 15 is 0 Å². The number of carbonyl (C=O) groups excluding carboxylic acids is 1. The molecule has 2 unspecified atom stereocenters. The Hall–Kier alpha value is -4.16. The summed E-state index contributed by atoms with van der Waals surface area (Å²) in [5.41, 5.74) is 0.136. The maximum Gasteiger partial charge on any atom is 0.344 e. The van der Waals surface area contributed by atoms with Gasteiger partial charge in [-0.25, -0.2) is 22.5 Å². The van der Waals surface area contributed by atoms with Gasteiger partial charge in [0.2, 0.25) is 10.0 Å². The maximum atomic E-state index is 13.3. The quantitative estimate of drug-likeness (QED) is 0.318. The van der Waals surface area contributed by atoms with E-state index in [2.05, 4.69) is 4.99 Å². The van der Waals surface area contributed by atoms with Gasteiger partial charge in [0.25, 0.3) is 5.69 Å². The Morgan fingerprint density at radius 1 is 1.13 bits per heavy atom. The van der Waals surface area contributed by atoms with Crippen LogP contribution in [0.3, 0.4) is 0 Å². The molecule has 0 aromatic heterocycles. The molecule has 198 valence electrons. The summed E-state index contributed by atoms with van der Waals surface area (Å²) in [5, 5.41) is 22.6. The Morgan fingerprint density at radius 3 is 2.53 bits per heavy atom. The minimum absolute atomic E-state index is 0.0118. The fourth-order valence-corrected chi connectivity index (χ4v) is 6.15. The zero-order valence-corrected chi connectivity index (χ0v) is 21.5. The molecule has 2 atom stereocenters. The molecule has 0 bridgehead atoms. The monoisotopic (exact) mass is 538 g/mol. The second-order valence-electron chi connectivity index (χ2n) is 9.00. The minimum atomic E-state index is -3.86. The van der Waals surface area contributed by atoms with E-state index in [0.717, 1.165) is 5.39 Å². The summed E-state index contributed by atoms with van der Waals surface area (Å²) in [5.74, 6) is -2.44. The zero-order chi connectivity index (χ0) is 27.6. The van der Waals surface area contributed by atoms with Crippen LogP contribution in [0.2, 0.25) is 0 Å². The molecular weight excluding hydrogens is 512 g/mol. The number of urea groups is 1. The first-order valence-corrected chi connectivity index (χ1v) is 13.2. The number of carboxylic acids is 1. The number of sulfonamides is 1. The summed E-state index contributed by atoms with van der Waals surface area (Å²) in [6.45, 7) is 1.46. The number of carboxylic acid groups (broad SMARTS) is 1. The van der Waals surface area contributed by atoms with Crippen LogP contribution in [0.25, 0.3) is 10.8 Å². The first kappa shape index (κ1) is 26.9. The molecule has 3 aromatic rings. The van der Waals surface area contributed by atoms with Crippen molar-refractivity contribution in [3.8, 4) is 0 Å². The van der Waals surface area contributed by atoms with Crippen LogP contribution in [0.1, 0.15) is 24.9 Å². The van der Waals surface area contributed by atoms with Crippen LogP contribution in [-0.2, 0) is 14.8 Å². The molecule has 1 N–H and O–H groups in total. The van der Waals surface area contributed by atoms with Crippen molar-refractivity contribution < 1.29 is 28.0 Å². The van der Waals surface area contributed by atoms with Gasteiger partial charge in [0.15, 0.2) is 0 Å². The molecule has 0 radical (unpaired) electrons. The Labute approximate surface area is 219 Å². The van der Waals surface area contributed by atoms with Gasteiger partial charge in [-0.3, -0.25) is 14.9 Å². The van der Waals surface area contributed by atoms with Crippen molar-refractivity contribution in [1.82, 2.24) is 9.21 Å². The van der Waals surface area contributed by atoms with E-state index in [0.29, 0.717) is 5.39 Å². The number of rotatable bonds is 9. The lowest BCUT2D eigenvalue weighted by molar-refractivity contribution is -0.385. The van der Waals surface area contributed by atoms with Crippen LogP contribution in [0, 0.1) is 16.0 Å². The van der Waals surface area contributed by atoms with Crippen LogP contribution in [-0.4, -0.2) is 65.5 Å². The molecule has 0 spiro atoms. The third kappa shape index (κ3) is 5.13. The first-order valence-electron chi connectivity index (χ1n) is 11.8. The van der Waals surface area contributed by atoms with Crippen molar-refractivity contribution in [3.63, 3.8) is 0 Å². The van der Waals surface area contributed by atoms with Gasteiger partial charge < -0.3 is 10.0 Å². The van der Waals surface area contributed by atoms with Gasteiger partial charge in [0.05, 0.1) is 15.9 Å². The SMILES string of the molecule is CC1=NC(=O)N(CCCN(C)S(=O)(=O)c2cccc3ccccc23)C(c2cccc([N+](=O)[O-])c2)C1C(=O)O. The number of nitro benzene ring substituents is 1. The number of fused-ring (bicyclic) bond motifs is 1. The van der Waals surface area contributed by atoms with Gasteiger partial charge in [-0.1, -0.05) is 48.5 Å². The van der Waals surface area contributed by atoms with Crippen molar-refractivity contribution in [2.45, 2.75) is 24.3 Å². The molecule has 0 aliphatic carbocycles. The summed E-state index contributed by atoms with van der Waals surface area (Å²) in [7, 11) is -2.42. The third-order valence-electron chi connectivity index (χ3n) is 6.62. The van der Waals surface area contributed by atoms with Gasteiger partial charge in [-0.2, -0.15) is 0 Å².